The van der Waals surface area contributed by atoms with Gasteiger partial charge in [-0.25, -0.2) is 0 Å². The van der Waals surface area contributed by atoms with Crippen molar-refractivity contribution in [3.63, 3.8) is 0 Å². The lowest BCUT2D eigenvalue weighted by molar-refractivity contribution is 0.305. The van der Waals surface area contributed by atoms with Crippen molar-refractivity contribution in [3.8, 4) is 0 Å². The highest BCUT2D eigenvalue weighted by Gasteiger charge is 2.29. The Morgan fingerprint density at radius 2 is 2.00 bits per heavy atom. The summed E-state index contributed by atoms with van der Waals surface area (Å²) in [6.07, 6.45) is 13.5. The molecule has 0 spiro atoms. The fourth-order valence-corrected chi connectivity index (χ4v) is 2.47. The first-order chi connectivity index (χ1) is 5.42. The van der Waals surface area contributed by atoms with Crippen LogP contribution in [0.2, 0.25) is 0 Å². The number of hydrogen-bond donors (Lipinski definition) is 0. The van der Waals surface area contributed by atoms with Gasteiger partial charge in [0.15, 0.2) is 0 Å². The molecular weight excluding hydrogens is 132 g/mol. The monoisotopic (exact) mass is 148 g/mol. The van der Waals surface area contributed by atoms with Gasteiger partial charge in [-0.15, -0.1) is 0 Å². The first-order valence-electron chi connectivity index (χ1n) is 4.75. The number of hydrogen-bond acceptors (Lipinski definition) is 0. The number of fused-ring (bicyclic) bond motifs is 1. The third kappa shape index (κ3) is 1.15. The van der Waals surface area contributed by atoms with Crippen LogP contribution in [0.3, 0.4) is 0 Å². The molecule has 0 fully saturated rings. The predicted molar refractivity (Wildman–Crippen MR) is 48.3 cm³/mol. The predicted octanol–water partition coefficient (Wildman–Crippen LogP) is 3.16. The maximum Gasteiger partial charge on any atom is -0.0162 e. The van der Waals surface area contributed by atoms with Gasteiger partial charge in [-0.2, -0.15) is 0 Å². The molecule has 3 unspecified atom stereocenters. The molecule has 11 heavy (non-hydrogen) atoms. The molecule has 0 saturated heterocycles. The van der Waals surface area contributed by atoms with Crippen molar-refractivity contribution >= 4 is 0 Å². The van der Waals surface area contributed by atoms with E-state index in [4.69, 9.17) is 0 Å². The zero-order chi connectivity index (χ0) is 7.68. The normalized spacial score (nSPS) is 41.0. The second-order valence-corrected chi connectivity index (χ2v) is 3.73. The molecule has 0 aliphatic heterocycles. The van der Waals surface area contributed by atoms with Crippen molar-refractivity contribution in [2.24, 2.45) is 17.8 Å². The minimum Gasteiger partial charge on any atom is -0.0879 e. The summed E-state index contributed by atoms with van der Waals surface area (Å²) in [5.74, 6) is 2.69. The molecule has 0 bridgehead atoms. The fourth-order valence-electron chi connectivity index (χ4n) is 2.47. The van der Waals surface area contributed by atoms with E-state index in [-0.39, 0.29) is 0 Å². The van der Waals surface area contributed by atoms with Gasteiger partial charge in [0.05, 0.1) is 0 Å². The zero-order valence-corrected chi connectivity index (χ0v) is 7.16. The zero-order valence-electron chi connectivity index (χ0n) is 7.16. The molecule has 0 aromatic carbocycles. The van der Waals surface area contributed by atoms with Gasteiger partial charge in [-0.3, -0.25) is 0 Å². The van der Waals surface area contributed by atoms with Crippen LogP contribution in [-0.2, 0) is 0 Å². The Balaban J connectivity index is 2.13. The first-order valence-corrected chi connectivity index (χ1v) is 4.75. The highest BCUT2D eigenvalue weighted by Crippen LogP contribution is 2.39. The third-order valence-corrected chi connectivity index (χ3v) is 3.15. The highest BCUT2D eigenvalue weighted by atomic mass is 14.3. The van der Waals surface area contributed by atoms with E-state index in [1.807, 2.05) is 0 Å². The Hall–Kier alpha value is -0.520. The van der Waals surface area contributed by atoms with Gasteiger partial charge in [-0.05, 0) is 37.0 Å². The second-order valence-electron chi connectivity index (χ2n) is 3.73. The minimum absolute atomic E-state index is 0.865. The van der Waals surface area contributed by atoms with Crippen LogP contribution >= 0.6 is 0 Å². The average molecular weight is 148 g/mol. The van der Waals surface area contributed by atoms with E-state index in [0.29, 0.717) is 0 Å². The van der Waals surface area contributed by atoms with E-state index in [1.165, 1.54) is 19.3 Å². The molecular formula is C11H16. The Kier molecular flexibility index (Phi) is 1.85. The van der Waals surface area contributed by atoms with E-state index in [9.17, 15) is 0 Å². The Bertz CT molecular complexity index is 188. The summed E-state index contributed by atoms with van der Waals surface area (Å²) >= 11 is 0. The second kappa shape index (κ2) is 2.84. The molecule has 0 N–H and O–H groups in total. The van der Waals surface area contributed by atoms with Gasteiger partial charge in [0, 0.05) is 0 Å². The summed E-state index contributed by atoms with van der Waals surface area (Å²) in [5, 5.41) is 0. The lowest BCUT2D eigenvalue weighted by Crippen LogP contribution is -2.20. The smallest absolute Gasteiger partial charge is 0.0162 e. The Labute approximate surface area is 69.0 Å². The van der Waals surface area contributed by atoms with Gasteiger partial charge < -0.3 is 0 Å². The molecule has 3 atom stereocenters. The number of allylic oxidation sites excluding steroid dienone is 4. The molecule has 0 saturated carbocycles. The van der Waals surface area contributed by atoms with Crippen LogP contribution in [-0.4, -0.2) is 0 Å². The summed E-state index contributed by atoms with van der Waals surface area (Å²) in [7, 11) is 0. The van der Waals surface area contributed by atoms with Gasteiger partial charge in [-0.1, -0.05) is 31.2 Å². The van der Waals surface area contributed by atoms with Crippen molar-refractivity contribution in [1.82, 2.24) is 0 Å². The van der Waals surface area contributed by atoms with Crippen molar-refractivity contribution in [3.05, 3.63) is 24.3 Å². The molecule has 0 aromatic heterocycles. The van der Waals surface area contributed by atoms with Gasteiger partial charge in [0.25, 0.3) is 0 Å². The van der Waals surface area contributed by atoms with Crippen LogP contribution in [0.25, 0.3) is 0 Å². The van der Waals surface area contributed by atoms with Crippen molar-refractivity contribution in [2.75, 3.05) is 0 Å². The molecule has 2 aliphatic rings. The number of rotatable bonds is 1. The molecule has 2 rings (SSSR count). The SMILES string of the molecule is CCC1C=CCC2C=CCC12. The minimum atomic E-state index is 0.865. The standard InChI is InChI=1S/C11H16/c1-2-9-5-3-6-10-7-4-8-11(9)10/h3-5,7,9-11H,2,6,8H2,1H3. The topological polar surface area (TPSA) is 0 Å². The maximum absolute atomic E-state index is 2.42. The van der Waals surface area contributed by atoms with Crippen molar-refractivity contribution in [1.29, 1.82) is 0 Å². The summed E-state index contributed by atoms with van der Waals surface area (Å²) in [6.45, 7) is 2.30. The molecule has 0 heteroatoms. The van der Waals surface area contributed by atoms with E-state index in [0.717, 1.165) is 17.8 Å². The van der Waals surface area contributed by atoms with Crippen LogP contribution in [0.1, 0.15) is 26.2 Å². The fraction of sp³-hybridized carbons (Fsp3) is 0.636. The summed E-state index contributed by atoms with van der Waals surface area (Å²) in [4.78, 5) is 0. The molecule has 0 aromatic rings. The summed E-state index contributed by atoms with van der Waals surface area (Å²) < 4.78 is 0. The largest absolute Gasteiger partial charge is 0.0879 e. The van der Waals surface area contributed by atoms with E-state index in [1.54, 1.807) is 0 Å². The van der Waals surface area contributed by atoms with Crippen LogP contribution in [0.15, 0.2) is 24.3 Å². The van der Waals surface area contributed by atoms with Crippen LogP contribution in [0.5, 0.6) is 0 Å². The first kappa shape index (κ1) is 7.15. The van der Waals surface area contributed by atoms with Gasteiger partial charge in [0.2, 0.25) is 0 Å². The van der Waals surface area contributed by atoms with E-state index in [2.05, 4.69) is 31.2 Å². The lowest BCUT2D eigenvalue weighted by atomic mass is 9.76. The average Bonchev–Trinajstić information content (AvgIpc) is 2.50. The molecule has 2 aliphatic carbocycles. The quantitative estimate of drug-likeness (QED) is 0.501. The summed E-state index contributed by atoms with van der Waals surface area (Å²) in [5.41, 5.74) is 0. The highest BCUT2D eigenvalue weighted by molar-refractivity contribution is 5.11. The Morgan fingerprint density at radius 1 is 1.18 bits per heavy atom. The Morgan fingerprint density at radius 3 is 2.82 bits per heavy atom. The van der Waals surface area contributed by atoms with Crippen LogP contribution in [0.4, 0.5) is 0 Å². The molecule has 0 radical (unpaired) electrons. The maximum atomic E-state index is 2.42. The van der Waals surface area contributed by atoms with Crippen molar-refractivity contribution < 1.29 is 0 Å². The lowest BCUT2D eigenvalue weighted by Gasteiger charge is -2.28. The van der Waals surface area contributed by atoms with Gasteiger partial charge >= 0.3 is 0 Å². The van der Waals surface area contributed by atoms with E-state index >= 15 is 0 Å². The summed E-state index contributed by atoms with van der Waals surface area (Å²) in [6, 6.07) is 0. The van der Waals surface area contributed by atoms with Crippen molar-refractivity contribution in [2.45, 2.75) is 26.2 Å². The molecule has 60 valence electrons. The third-order valence-electron chi connectivity index (χ3n) is 3.15. The van der Waals surface area contributed by atoms with Gasteiger partial charge in [0.1, 0.15) is 0 Å². The van der Waals surface area contributed by atoms with Crippen LogP contribution in [0, 0.1) is 17.8 Å². The van der Waals surface area contributed by atoms with Crippen LogP contribution < -0.4 is 0 Å². The molecule has 0 heterocycles. The van der Waals surface area contributed by atoms with E-state index < -0.39 is 0 Å². The molecule has 0 amide bonds. The molecule has 0 nitrogen and oxygen atoms in total.